The average Bonchev–Trinajstić information content (AvgIpc) is 2.37. The summed E-state index contributed by atoms with van der Waals surface area (Å²) in [6.45, 7) is 8.08. The number of benzene rings is 1. The second kappa shape index (κ2) is 5.52. The summed E-state index contributed by atoms with van der Waals surface area (Å²) in [5.41, 5.74) is 4.03. The van der Waals surface area contributed by atoms with Crippen molar-refractivity contribution in [3.8, 4) is 5.75 Å². The van der Waals surface area contributed by atoms with Crippen molar-refractivity contribution in [1.29, 1.82) is 0 Å². The molecule has 1 aromatic carbocycles. The third kappa shape index (κ3) is 2.73. The monoisotopic (exact) mass is 255 g/mol. The van der Waals surface area contributed by atoms with E-state index in [0.717, 1.165) is 22.5 Å². The van der Waals surface area contributed by atoms with Crippen molar-refractivity contribution in [3.63, 3.8) is 0 Å². The molecule has 2 rings (SSSR count). The molecule has 4 heteroatoms. The predicted octanol–water partition coefficient (Wildman–Crippen LogP) is 2.95. The van der Waals surface area contributed by atoms with E-state index < -0.39 is 0 Å². The maximum Gasteiger partial charge on any atom is 0.115 e. The van der Waals surface area contributed by atoms with Crippen molar-refractivity contribution in [3.05, 3.63) is 47.4 Å². The molecule has 0 radical (unpaired) electrons. The second-order valence-corrected chi connectivity index (χ2v) is 4.38. The molecule has 0 fully saturated rings. The van der Waals surface area contributed by atoms with Crippen LogP contribution in [-0.4, -0.2) is 29.5 Å². The molecule has 4 nitrogen and oxygen atoms in total. The van der Waals surface area contributed by atoms with Gasteiger partial charge in [-0.3, -0.25) is 9.98 Å². The van der Waals surface area contributed by atoms with Gasteiger partial charge in [0.25, 0.3) is 0 Å². The number of phenols is 1. The first-order valence-corrected chi connectivity index (χ1v) is 6.06. The minimum absolute atomic E-state index is 0.272. The maximum absolute atomic E-state index is 9.51. The Morgan fingerprint density at radius 2 is 2.21 bits per heavy atom. The Hall–Kier alpha value is -2.36. The zero-order valence-electron chi connectivity index (χ0n) is 11.2. The molecule has 1 N–H and O–H groups in total. The Balaban J connectivity index is 2.50. The number of hydrogen-bond donors (Lipinski definition) is 1. The molecule has 0 amide bonds. The van der Waals surface area contributed by atoms with Crippen LogP contribution in [0.4, 0.5) is 0 Å². The Bertz CT molecular complexity index is 585. The Labute approximate surface area is 113 Å². The van der Waals surface area contributed by atoms with Crippen LogP contribution < -0.4 is 0 Å². The number of phenolic OH excluding ortho intramolecular Hbond substituents is 1. The number of rotatable bonds is 3. The molecule has 1 aliphatic rings. The fourth-order valence-corrected chi connectivity index (χ4v) is 2.15. The number of allylic oxidation sites excluding steroid dienone is 1. The van der Waals surface area contributed by atoms with Gasteiger partial charge in [0.1, 0.15) is 5.75 Å². The smallest absolute Gasteiger partial charge is 0.115 e. The van der Waals surface area contributed by atoms with Crippen LogP contribution in [0.25, 0.3) is 5.70 Å². The van der Waals surface area contributed by atoms with Gasteiger partial charge in [-0.05, 0) is 44.3 Å². The molecule has 0 aromatic heterocycles. The summed E-state index contributed by atoms with van der Waals surface area (Å²) in [5.74, 6) is 0.272. The Kier molecular flexibility index (Phi) is 3.80. The number of aromatic hydroxyl groups is 1. The largest absolute Gasteiger partial charge is 0.508 e. The lowest BCUT2D eigenvalue weighted by Gasteiger charge is -2.27. The molecule has 0 unspecified atom stereocenters. The van der Waals surface area contributed by atoms with Gasteiger partial charge in [-0.1, -0.05) is 0 Å². The first-order valence-electron chi connectivity index (χ1n) is 6.06. The van der Waals surface area contributed by atoms with Crippen molar-refractivity contribution < 1.29 is 5.11 Å². The first-order chi connectivity index (χ1) is 9.13. The quantitative estimate of drug-likeness (QED) is 0.844. The van der Waals surface area contributed by atoms with E-state index >= 15 is 0 Å². The number of hydrogen-bond acceptors (Lipinski definition) is 4. The highest BCUT2D eigenvalue weighted by atomic mass is 16.3. The van der Waals surface area contributed by atoms with E-state index in [1.54, 1.807) is 18.3 Å². The van der Waals surface area contributed by atoms with Gasteiger partial charge in [-0.25, -0.2) is 0 Å². The first kappa shape index (κ1) is 13.1. The maximum atomic E-state index is 9.51. The Morgan fingerprint density at radius 1 is 1.42 bits per heavy atom. The minimum Gasteiger partial charge on any atom is -0.508 e. The second-order valence-electron chi connectivity index (χ2n) is 4.38. The lowest BCUT2D eigenvalue weighted by molar-refractivity contribution is 0.474. The van der Waals surface area contributed by atoms with E-state index in [9.17, 15) is 5.11 Å². The van der Waals surface area contributed by atoms with Gasteiger partial charge in [0, 0.05) is 24.2 Å². The van der Waals surface area contributed by atoms with E-state index in [1.165, 1.54) is 0 Å². The van der Waals surface area contributed by atoms with Crippen LogP contribution in [0.1, 0.15) is 18.1 Å². The summed E-state index contributed by atoms with van der Waals surface area (Å²) in [6, 6.07) is 5.35. The number of aryl methyl sites for hydroxylation is 1. The molecule has 0 atom stereocenters. The standard InChI is InChI=1S/C15H17N3O/c1-11-10-13(19)4-5-14(11)15-12(2)17-7-9-18(15)8-6-16-3/h4-8,10,19H,3,9H2,1-2H3/b8-6-. The van der Waals surface area contributed by atoms with E-state index in [1.807, 2.05) is 32.3 Å². The minimum atomic E-state index is 0.272. The number of aliphatic imine (C=N–C) groups is 2. The molecule has 0 saturated carbocycles. The van der Waals surface area contributed by atoms with Crippen LogP contribution in [0.2, 0.25) is 0 Å². The highest BCUT2D eigenvalue weighted by Crippen LogP contribution is 2.30. The van der Waals surface area contributed by atoms with Gasteiger partial charge in [-0.15, -0.1) is 0 Å². The fourth-order valence-electron chi connectivity index (χ4n) is 2.15. The van der Waals surface area contributed by atoms with Crippen LogP contribution in [0.5, 0.6) is 5.75 Å². The van der Waals surface area contributed by atoms with Crippen LogP contribution in [0.3, 0.4) is 0 Å². The number of nitrogens with zero attached hydrogens (tertiary/aromatic N) is 3. The summed E-state index contributed by atoms with van der Waals surface area (Å²) in [7, 11) is 0. The van der Waals surface area contributed by atoms with Crippen molar-refractivity contribution in [1.82, 2.24) is 4.90 Å². The SMILES string of the molecule is C=N/C=C\N1CC=NC(C)=C1c1ccc(O)cc1C. The van der Waals surface area contributed by atoms with E-state index in [4.69, 9.17) is 0 Å². The normalized spacial score (nSPS) is 15.4. The third-order valence-corrected chi connectivity index (χ3v) is 3.01. The van der Waals surface area contributed by atoms with Crippen molar-refractivity contribution in [2.24, 2.45) is 9.98 Å². The molecule has 98 valence electrons. The highest BCUT2D eigenvalue weighted by Gasteiger charge is 2.17. The van der Waals surface area contributed by atoms with Gasteiger partial charge in [0.15, 0.2) is 0 Å². The summed E-state index contributed by atoms with van der Waals surface area (Å²) in [6.07, 6.45) is 5.40. The molecule has 1 aromatic rings. The molecule has 0 bridgehead atoms. The molecule has 1 aliphatic heterocycles. The summed E-state index contributed by atoms with van der Waals surface area (Å²) < 4.78 is 0. The van der Waals surface area contributed by atoms with Crippen molar-refractivity contribution in [2.45, 2.75) is 13.8 Å². The van der Waals surface area contributed by atoms with Gasteiger partial charge in [0.05, 0.1) is 17.9 Å². The van der Waals surface area contributed by atoms with E-state index in [2.05, 4.69) is 21.6 Å². The molecule has 19 heavy (non-hydrogen) atoms. The summed E-state index contributed by atoms with van der Waals surface area (Å²) in [4.78, 5) is 10.2. The zero-order valence-corrected chi connectivity index (χ0v) is 11.2. The molecular weight excluding hydrogens is 238 g/mol. The zero-order chi connectivity index (χ0) is 13.8. The third-order valence-electron chi connectivity index (χ3n) is 3.01. The van der Waals surface area contributed by atoms with Crippen LogP contribution in [0, 0.1) is 6.92 Å². The predicted molar refractivity (Wildman–Crippen MR) is 79.3 cm³/mol. The van der Waals surface area contributed by atoms with Gasteiger partial charge < -0.3 is 10.0 Å². The van der Waals surface area contributed by atoms with Crippen molar-refractivity contribution in [2.75, 3.05) is 6.54 Å². The highest BCUT2D eigenvalue weighted by molar-refractivity contribution is 5.78. The Morgan fingerprint density at radius 3 is 2.89 bits per heavy atom. The summed E-state index contributed by atoms with van der Waals surface area (Å²) >= 11 is 0. The lowest BCUT2D eigenvalue weighted by atomic mass is 10.0. The fraction of sp³-hybridized carbons (Fsp3) is 0.200. The van der Waals surface area contributed by atoms with Crippen molar-refractivity contribution >= 4 is 18.6 Å². The summed E-state index contributed by atoms with van der Waals surface area (Å²) in [5, 5.41) is 9.51. The lowest BCUT2D eigenvalue weighted by Crippen LogP contribution is -2.22. The molecular formula is C15H17N3O. The van der Waals surface area contributed by atoms with Gasteiger partial charge in [-0.2, -0.15) is 0 Å². The molecule has 0 spiro atoms. The van der Waals surface area contributed by atoms with Crippen LogP contribution in [-0.2, 0) is 0 Å². The average molecular weight is 255 g/mol. The molecule has 1 heterocycles. The van der Waals surface area contributed by atoms with Gasteiger partial charge >= 0.3 is 0 Å². The molecule has 0 aliphatic carbocycles. The molecule has 0 saturated heterocycles. The van der Waals surface area contributed by atoms with Gasteiger partial charge in [0.2, 0.25) is 0 Å². The van der Waals surface area contributed by atoms with E-state index in [0.29, 0.717) is 6.54 Å². The van der Waals surface area contributed by atoms with Crippen LogP contribution in [0.15, 0.2) is 46.3 Å². The van der Waals surface area contributed by atoms with E-state index in [-0.39, 0.29) is 5.75 Å². The van der Waals surface area contributed by atoms with Crippen LogP contribution >= 0.6 is 0 Å². The topological polar surface area (TPSA) is 48.2 Å².